The third-order valence-electron chi connectivity index (χ3n) is 5.39. The molecule has 12 nitrogen and oxygen atoms in total. The molecule has 0 radical (unpaired) electrons. The van der Waals surface area contributed by atoms with E-state index in [1.54, 1.807) is 24.3 Å². The minimum absolute atomic E-state index is 0.209. The van der Waals surface area contributed by atoms with Crippen molar-refractivity contribution in [3.05, 3.63) is 36.0 Å². The zero-order valence-electron chi connectivity index (χ0n) is 20.4. The van der Waals surface area contributed by atoms with Gasteiger partial charge in [-0.1, -0.05) is 18.2 Å². The van der Waals surface area contributed by atoms with E-state index in [0.717, 1.165) is 20.8 Å². The van der Waals surface area contributed by atoms with Crippen molar-refractivity contribution in [1.29, 1.82) is 0 Å². The number of carbonyl (C=O) groups is 5. The normalized spacial score (nSPS) is 23.4. The summed E-state index contributed by atoms with van der Waals surface area (Å²) < 4.78 is 34.1. The number of nitrogens with zero attached hydrogens (tertiary/aromatic N) is 1. The van der Waals surface area contributed by atoms with Crippen molar-refractivity contribution in [2.45, 2.75) is 58.3 Å². The Morgan fingerprint density at radius 2 is 1.42 bits per heavy atom. The van der Waals surface area contributed by atoms with Crippen LogP contribution in [0.2, 0.25) is 0 Å². The lowest BCUT2D eigenvalue weighted by atomic mass is 9.97. The molecule has 3 rings (SSSR count). The number of para-hydroxylation sites is 1. The van der Waals surface area contributed by atoms with Crippen molar-refractivity contribution < 1.29 is 52.4 Å². The van der Waals surface area contributed by atoms with E-state index < -0.39 is 60.5 Å². The second-order valence-corrected chi connectivity index (χ2v) is 8.05. The van der Waals surface area contributed by atoms with Gasteiger partial charge in [0, 0.05) is 39.3 Å². The lowest BCUT2D eigenvalue weighted by Crippen LogP contribution is -2.60. The molecule has 0 aliphatic carbocycles. The Bertz CT molecular complexity index is 1170. The summed E-state index contributed by atoms with van der Waals surface area (Å²) in [4.78, 5) is 60.0. The molecule has 1 aliphatic rings. The van der Waals surface area contributed by atoms with Crippen LogP contribution in [0.4, 0.5) is 0 Å². The number of carbonyl (C=O) groups excluding carboxylic acids is 5. The summed E-state index contributed by atoms with van der Waals surface area (Å²) in [5.74, 6) is -3.44. The largest absolute Gasteiger partial charge is 0.465 e. The molecule has 0 spiro atoms. The molecule has 1 aromatic heterocycles. The quantitative estimate of drug-likeness (QED) is 0.400. The monoisotopic (exact) mass is 505 g/mol. The fourth-order valence-corrected chi connectivity index (χ4v) is 4.12. The second kappa shape index (κ2) is 11.2. The Labute approximate surface area is 206 Å². The first-order valence-corrected chi connectivity index (χ1v) is 11.0. The van der Waals surface area contributed by atoms with Crippen LogP contribution in [0.3, 0.4) is 0 Å². The van der Waals surface area contributed by atoms with Gasteiger partial charge >= 0.3 is 29.8 Å². The van der Waals surface area contributed by atoms with Gasteiger partial charge in [-0.25, -0.2) is 4.79 Å². The van der Waals surface area contributed by atoms with Gasteiger partial charge in [0.2, 0.25) is 0 Å². The van der Waals surface area contributed by atoms with Crippen molar-refractivity contribution in [3.8, 4) is 0 Å². The Morgan fingerprint density at radius 3 is 2.00 bits per heavy atom. The van der Waals surface area contributed by atoms with E-state index in [0.29, 0.717) is 10.9 Å². The summed E-state index contributed by atoms with van der Waals surface area (Å²) in [6, 6.07) is 6.86. The summed E-state index contributed by atoms with van der Waals surface area (Å²) in [5, 5.41) is 0.525. The molecule has 2 heterocycles. The van der Waals surface area contributed by atoms with Crippen LogP contribution in [0, 0.1) is 0 Å². The number of hydrogen-bond donors (Lipinski definition) is 0. The molecular formula is C24H27NO11. The van der Waals surface area contributed by atoms with E-state index in [4.69, 9.17) is 28.4 Å². The standard InChI is InChI=1S/C24H27NO11/c1-12(26)32-11-19-20(33-13(2)27)21(34-14(3)28)22(35-15(4)29)23(36-19)25-10-17(24(30)31-5)16-8-6-7-9-18(16)25/h6-10,19-23H,11H2,1-5H3/t19-,20-,21+,22-,23-/m1/s1. The van der Waals surface area contributed by atoms with Crippen molar-refractivity contribution >= 4 is 40.7 Å². The summed E-state index contributed by atoms with van der Waals surface area (Å²) in [6.45, 7) is 4.26. The number of benzene rings is 1. The first kappa shape index (κ1) is 26.7. The molecule has 1 aliphatic heterocycles. The Hall–Kier alpha value is -3.93. The van der Waals surface area contributed by atoms with E-state index in [2.05, 4.69) is 0 Å². The van der Waals surface area contributed by atoms with Crippen LogP contribution in [-0.2, 0) is 47.6 Å². The molecule has 0 bridgehead atoms. The van der Waals surface area contributed by atoms with Crippen LogP contribution >= 0.6 is 0 Å². The van der Waals surface area contributed by atoms with E-state index in [-0.39, 0.29) is 12.2 Å². The summed E-state index contributed by atoms with van der Waals surface area (Å²) in [7, 11) is 1.24. The van der Waals surface area contributed by atoms with E-state index >= 15 is 0 Å². The summed E-state index contributed by atoms with van der Waals surface area (Å²) in [5.41, 5.74) is 0.722. The first-order valence-electron chi connectivity index (χ1n) is 11.0. The number of hydrogen-bond acceptors (Lipinski definition) is 11. The highest BCUT2D eigenvalue weighted by Gasteiger charge is 2.53. The molecule has 0 amide bonds. The van der Waals surface area contributed by atoms with Crippen LogP contribution in [0.1, 0.15) is 44.3 Å². The van der Waals surface area contributed by atoms with Crippen LogP contribution in [0.15, 0.2) is 30.5 Å². The highest BCUT2D eigenvalue weighted by molar-refractivity contribution is 6.04. The number of aromatic nitrogens is 1. The molecule has 1 saturated heterocycles. The van der Waals surface area contributed by atoms with E-state index in [1.807, 2.05) is 0 Å². The number of fused-ring (bicyclic) bond motifs is 1. The maximum absolute atomic E-state index is 12.5. The molecule has 1 fully saturated rings. The molecule has 5 atom stereocenters. The van der Waals surface area contributed by atoms with Crippen LogP contribution in [0.25, 0.3) is 10.9 Å². The summed E-state index contributed by atoms with van der Waals surface area (Å²) in [6.07, 6.45) is -4.79. The molecule has 12 heteroatoms. The lowest BCUT2D eigenvalue weighted by molar-refractivity contribution is -0.267. The zero-order chi connectivity index (χ0) is 26.6. The van der Waals surface area contributed by atoms with E-state index in [1.165, 1.54) is 24.8 Å². The molecular weight excluding hydrogens is 478 g/mol. The number of ether oxygens (including phenoxy) is 6. The molecule has 36 heavy (non-hydrogen) atoms. The average molecular weight is 505 g/mol. The zero-order valence-corrected chi connectivity index (χ0v) is 20.4. The van der Waals surface area contributed by atoms with Crippen molar-refractivity contribution in [3.63, 3.8) is 0 Å². The SMILES string of the molecule is COC(=O)c1cn([C@@H]2O[C@H](COC(C)=O)[C@@H](OC(C)=O)[C@H](OC(C)=O)[C@H]2OC(C)=O)c2ccccc12. The van der Waals surface area contributed by atoms with Gasteiger partial charge in [0.05, 0.1) is 18.2 Å². The Kier molecular flexibility index (Phi) is 8.30. The van der Waals surface area contributed by atoms with Gasteiger partial charge < -0.3 is 33.0 Å². The minimum atomic E-state index is -1.34. The smallest absolute Gasteiger partial charge is 0.340 e. The van der Waals surface area contributed by atoms with Crippen molar-refractivity contribution in [2.75, 3.05) is 13.7 Å². The van der Waals surface area contributed by atoms with Gasteiger partial charge in [-0.15, -0.1) is 0 Å². The van der Waals surface area contributed by atoms with Crippen LogP contribution in [-0.4, -0.2) is 72.5 Å². The predicted molar refractivity (Wildman–Crippen MR) is 120 cm³/mol. The molecule has 0 saturated carbocycles. The first-order chi connectivity index (χ1) is 17.0. The topological polar surface area (TPSA) is 146 Å². The van der Waals surface area contributed by atoms with Gasteiger partial charge in [-0.05, 0) is 6.07 Å². The minimum Gasteiger partial charge on any atom is -0.465 e. The Balaban J connectivity index is 2.20. The molecule has 0 N–H and O–H groups in total. The van der Waals surface area contributed by atoms with Crippen LogP contribution in [0.5, 0.6) is 0 Å². The van der Waals surface area contributed by atoms with Gasteiger partial charge in [-0.3, -0.25) is 19.2 Å². The highest BCUT2D eigenvalue weighted by Crippen LogP contribution is 2.37. The fourth-order valence-electron chi connectivity index (χ4n) is 4.12. The predicted octanol–water partition coefficient (Wildman–Crippen LogP) is 1.68. The number of methoxy groups -OCH3 is 1. The average Bonchev–Trinajstić information content (AvgIpc) is 3.18. The molecule has 0 unspecified atom stereocenters. The van der Waals surface area contributed by atoms with Crippen molar-refractivity contribution in [1.82, 2.24) is 4.57 Å². The van der Waals surface area contributed by atoms with Gasteiger partial charge in [0.25, 0.3) is 0 Å². The summed E-state index contributed by atoms with van der Waals surface area (Å²) >= 11 is 0. The fraction of sp³-hybridized carbons (Fsp3) is 0.458. The maximum Gasteiger partial charge on any atom is 0.340 e. The second-order valence-electron chi connectivity index (χ2n) is 8.05. The van der Waals surface area contributed by atoms with Gasteiger partial charge in [-0.2, -0.15) is 0 Å². The number of rotatable bonds is 7. The molecule has 2 aromatic rings. The van der Waals surface area contributed by atoms with Crippen molar-refractivity contribution in [2.24, 2.45) is 0 Å². The third kappa shape index (κ3) is 5.82. The van der Waals surface area contributed by atoms with Crippen LogP contribution < -0.4 is 0 Å². The maximum atomic E-state index is 12.5. The Morgan fingerprint density at radius 1 is 0.833 bits per heavy atom. The molecule has 194 valence electrons. The highest BCUT2D eigenvalue weighted by atomic mass is 16.7. The lowest BCUT2D eigenvalue weighted by Gasteiger charge is -2.44. The molecule has 1 aromatic carbocycles. The third-order valence-corrected chi connectivity index (χ3v) is 5.39. The van der Waals surface area contributed by atoms with E-state index in [9.17, 15) is 24.0 Å². The van der Waals surface area contributed by atoms with Gasteiger partial charge in [0.15, 0.2) is 24.5 Å². The number of esters is 5. The van der Waals surface area contributed by atoms with Gasteiger partial charge in [0.1, 0.15) is 12.7 Å².